The summed E-state index contributed by atoms with van der Waals surface area (Å²) in [5, 5.41) is 0. The van der Waals surface area contributed by atoms with Gasteiger partial charge in [0.15, 0.2) is 6.10 Å². The highest BCUT2D eigenvalue weighted by atomic mass is 16.6. The number of rotatable bonds is 61. The van der Waals surface area contributed by atoms with Crippen molar-refractivity contribution in [3.05, 3.63) is 85.1 Å². The molecule has 0 amide bonds. The second-order valence-corrected chi connectivity index (χ2v) is 22.4. The fraction of sp³-hybridized carbons (Fsp3) is 0.764. The predicted molar refractivity (Wildman–Crippen MR) is 339 cm³/mol. The van der Waals surface area contributed by atoms with Gasteiger partial charge in [-0.25, -0.2) is 0 Å². The van der Waals surface area contributed by atoms with Crippen molar-refractivity contribution in [3.8, 4) is 0 Å². The summed E-state index contributed by atoms with van der Waals surface area (Å²) in [6.45, 7) is 6.54. The Hall–Kier alpha value is -3.41. The molecule has 1 unspecified atom stereocenters. The summed E-state index contributed by atoms with van der Waals surface area (Å²) in [5.41, 5.74) is 0. The van der Waals surface area contributed by atoms with E-state index >= 15 is 0 Å². The van der Waals surface area contributed by atoms with Crippen molar-refractivity contribution in [2.45, 2.75) is 341 Å². The average Bonchev–Trinajstić information content (AvgIpc) is 3.44. The van der Waals surface area contributed by atoms with Crippen molar-refractivity contribution < 1.29 is 28.6 Å². The van der Waals surface area contributed by atoms with Crippen molar-refractivity contribution in [3.63, 3.8) is 0 Å². The Balaban J connectivity index is 4.16. The number of hydrogen-bond acceptors (Lipinski definition) is 6. The summed E-state index contributed by atoms with van der Waals surface area (Å²) in [4.78, 5) is 38.3. The van der Waals surface area contributed by atoms with E-state index in [1.54, 1.807) is 0 Å². The van der Waals surface area contributed by atoms with Gasteiger partial charge in [0.2, 0.25) is 0 Å². The van der Waals surface area contributed by atoms with E-state index in [1.807, 2.05) is 0 Å². The van der Waals surface area contributed by atoms with Gasteiger partial charge in [-0.2, -0.15) is 0 Å². The Labute approximate surface area is 484 Å². The molecular formula is C72H126O6. The Morgan fingerprint density at radius 2 is 0.500 bits per heavy atom. The maximum Gasteiger partial charge on any atom is 0.306 e. The normalized spacial score (nSPS) is 12.6. The van der Waals surface area contributed by atoms with Crippen LogP contribution in [0.4, 0.5) is 0 Å². The first-order valence-corrected chi connectivity index (χ1v) is 33.6. The second kappa shape index (κ2) is 66.1. The molecule has 0 rings (SSSR count). The molecule has 0 heterocycles. The van der Waals surface area contributed by atoms with E-state index in [0.717, 1.165) is 103 Å². The number of hydrogen-bond donors (Lipinski definition) is 0. The van der Waals surface area contributed by atoms with Crippen LogP contribution < -0.4 is 0 Å². The van der Waals surface area contributed by atoms with E-state index in [-0.39, 0.29) is 31.1 Å². The lowest BCUT2D eigenvalue weighted by molar-refractivity contribution is -0.167. The van der Waals surface area contributed by atoms with Crippen molar-refractivity contribution in [2.75, 3.05) is 13.2 Å². The molecule has 0 aliphatic carbocycles. The van der Waals surface area contributed by atoms with Gasteiger partial charge in [0, 0.05) is 19.3 Å². The van der Waals surface area contributed by atoms with Gasteiger partial charge in [0.1, 0.15) is 13.2 Å². The first-order chi connectivity index (χ1) is 38.5. The smallest absolute Gasteiger partial charge is 0.306 e. The van der Waals surface area contributed by atoms with Gasteiger partial charge < -0.3 is 14.2 Å². The van der Waals surface area contributed by atoms with E-state index in [4.69, 9.17) is 14.2 Å². The fourth-order valence-electron chi connectivity index (χ4n) is 9.62. The molecule has 0 aromatic carbocycles. The zero-order valence-electron chi connectivity index (χ0n) is 51.7. The third kappa shape index (κ3) is 63.4. The Morgan fingerprint density at radius 1 is 0.269 bits per heavy atom. The molecule has 1 atom stereocenters. The van der Waals surface area contributed by atoms with Crippen LogP contribution in [0.15, 0.2) is 85.1 Å². The zero-order chi connectivity index (χ0) is 56.4. The van der Waals surface area contributed by atoms with E-state index in [0.29, 0.717) is 19.3 Å². The molecule has 450 valence electrons. The monoisotopic (exact) mass is 1090 g/mol. The quantitative estimate of drug-likeness (QED) is 0.0261. The highest BCUT2D eigenvalue weighted by Gasteiger charge is 2.19. The molecule has 0 aromatic rings. The fourth-order valence-corrected chi connectivity index (χ4v) is 9.62. The molecular weight excluding hydrogens is 961 g/mol. The standard InChI is InChI=1S/C72H126O6/c1-4-7-10-13-16-19-22-25-27-28-29-30-31-32-33-34-35-36-37-38-39-40-41-42-43-44-45-48-50-53-56-59-62-65-71(74)77-68-69(67-76-70(73)64-61-58-55-52-49-46-24-21-18-15-12-9-6-3)78-72(75)66-63-60-57-54-51-47-26-23-20-17-14-11-8-5-2/h7,10,16,19,23,25-27,29-30,32-33,35-36,69H,4-6,8-9,11-15,17-18,20-22,24,28,31,34,37-68H2,1-3H3/b10-7-,19-16-,26-23-,27-25-,30-29-,33-32-,36-35-. The molecule has 0 aromatic heterocycles. The maximum absolute atomic E-state index is 12.9. The first kappa shape index (κ1) is 74.6. The largest absolute Gasteiger partial charge is 0.462 e. The van der Waals surface area contributed by atoms with Crippen LogP contribution in [0.1, 0.15) is 335 Å². The number of esters is 3. The van der Waals surface area contributed by atoms with Crippen LogP contribution in [-0.4, -0.2) is 37.2 Å². The molecule has 0 fully saturated rings. The van der Waals surface area contributed by atoms with Crippen molar-refractivity contribution in [1.82, 2.24) is 0 Å². The molecule has 6 nitrogen and oxygen atoms in total. The zero-order valence-corrected chi connectivity index (χ0v) is 51.7. The van der Waals surface area contributed by atoms with Crippen LogP contribution in [0.5, 0.6) is 0 Å². The highest BCUT2D eigenvalue weighted by Crippen LogP contribution is 2.17. The number of allylic oxidation sites excluding steroid dienone is 14. The van der Waals surface area contributed by atoms with Crippen LogP contribution in [0.25, 0.3) is 0 Å². The lowest BCUT2D eigenvalue weighted by Crippen LogP contribution is -2.30. The van der Waals surface area contributed by atoms with Crippen LogP contribution >= 0.6 is 0 Å². The minimum atomic E-state index is -0.778. The summed E-state index contributed by atoms with van der Waals surface area (Å²) in [5.74, 6) is -0.868. The highest BCUT2D eigenvalue weighted by molar-refractivity contribution is 5.71. The number of carbonyl (C=O) groups is 3. The van der Waals surface area contributed by atoms with Gasteiger partial charge in [-0.3, -0.25) is 14.4 Å². The molecule has 0 N–H and O–H groups in total. The van der Waals surface area contributed by atoms with Crippen LogP contribution in [0.2, 0.25) is 0 Å². The van der Waals surface area contributed by atoms with Crippen LogP contribution in [0.3, 0.4) is 0 Å². The van der Waals surface area contributed by atoms with Crippen molar-refractivity contribution in [1.29, 1.82) is 0 Å². The molecule has 6 heteroatoms. The molecule has 0 aliphatic rings. The van der Waals surface area contributed by atoms with Crippen LogP contribution in [-0.2, 0) is 28.6 Å². The third-order valence-electron chi connectivity index (χ3n) is 14.6. The topological polar surface area (TPSA) is 78.9 Å². The molecule has 0 saturated heterocycles. The number of carbonyl (C=O) groups excluding carboxylic acids is 3. The van der Waals surface area contributed by atoms with Gasteiger partial charge in [-0.05, 0) is 96.3 Å². The molecule has 0 aliphatic heterocycles. The predicted octanol–water partition coefficient (Wildman–Crippen LogP) is 23.1. The number of unbranched alkanes of at least 4 members (excludes halogenated alkanes) is 36. The number of ether oxygens (including phenoxy) is 3. The summed E-state index contributed by atoms with van der Waals surface area (Å²) in [6, 6.07) is 0. The first-order valence-electron chi connectivity index (χ1n) is 33.6. The molecule has 0 radical (unpaired) electrons. The Bertz CT molecular complexity index is 1480. The van der Waals surface area contributed by atoms with Crippen molar-refractivity contribution >= 4 is 17.9 Å². The third-order valence-corrected chi connectivity index (χ3v) is 14.6. The molecule has 0 saturated carbocycles. The van der Waals surface area contributed by atoms with Gasteiger partial charge in [0.25, 0.3) is 0 Å². The summed E-state index contributed by atoms with van der Waals surface area (Å²) in [7, 11) is 0. The lowest BCUT2D eigenvalue weighted by atomic mass is 10.0. The minimum Gasteiger partial charge on any atom is -0.462 e. The SMILES string of the molecule is CC/C=C\C/C=C\C/C=C\C/C=C\C/C=C\C/C=C\CCCCCCCCCCCCCCCCC(=O)OCC(COC(=O)CCCCCCCCCCCCCCC)OC(=O)CCCCCCC/C=C\CCCCCCC. The van der Waals surface area contributed by atoms with E-state index in [2.05, 4.69) is 106 Å². The van der Waals surface area contributed by atoms with Gasteiger partial charge in [0.05, 0.1) is 0 Å². The van der Waals surface area contributed by atoms with E-state index in [9.17, 15) is 14.4 Å². The summed E-state index contributed by atoms with van der Waals surface area (Å²) >= 11 is 0. The van der Waals surface area contributed by atoms with E-state index in [1.165, 1.54) is 193 Å². The Kier molecular flexibility index (Phi) is 63.2. The average molecular weight is 1090 g/mol. The molecule has 0 spiro atoms. The van der Waals surface area contributed by atoms with Crippen molar-refractivity contribution in [2.24, 2.45) is 0 Å². The summed E-state index contributed by atoms with van der Waals surface area (Å²) < 4.78 is 16.9. The molecule has 0 bridgehead atoms. The van der Waals surface area contributed by atoms with Gasteiger partial charge in [-0.1, -0.05) is 305 Å². The lowest BCUT2D eigenvalue weighted by Gasteiger charge is -2.18. The maximum atomic E-state index is 12.9. The summed E-state index contributed by atoms with van der Waals surface area (Å²) in [6.07, 6.45) is 87.5. The molecule has 78 heavy (non-hydrogen) atoms. The van der Waals surface area contributed by atoms with Gasteiger partial charge in [-0.15, -0.1) is 0 Å². The van der Waals surface area contributed by atoms with Gasteiger partial charge >= 0.3 is 17.9 Å². The minimum absolute atomic E-state index is 0.0745. The van der Waals surface area contributed by atoms with E-state index < -0.39 is 6.10 Å². The second-order valence-electron chi connectivity index (χ2n) is 22.4. The Morgan fingerprint density at radius 3 is 0.795 bits per heavy atom. The van der Waals surface area contributed by atoms with Crippen LogP contribution in [0, 0.1) is 0 Å².